The van der Waals surface area contributed by atoms with E-state index in [4.69, 9.17) is 0 Å². The van der Waals surface area contributed by atoms with Crippen LogP contribution in [0.4, 0.5) is 14.5 Å². The van der Waals surface area contributed by atoms with E-state index in [9.17, 15) is 8.78 Å². The van der Waals surface area contributed by atoms with Gasteiger partial charge in [0.05, 0.1) is 23.6 Å². The number of likely N-dealkylation sites (tertiary alicyclic amines) is 1. The molecule has 2 aliphatic rings. The summed E-state index contributed by atoms with van der Waals surface area (Å²) in [5.41, 5.74) is 3.07. The smallest absolute Gasteiger partial charge is 0.278 e. The SMILES string of the molecule is CN(SCCCN1CCCCC1)N(Cc1ccc(C2=NN=C(C(F)F)C2)cn1)c1ccccc1. The lowest BCUT2D eigenvalue weighted by Gasteiger charge is -2.33. The van der Waals surface area contributed by atoms with E-state index in [0.29, 0.717) is 12.3 Å². The van der Waals surface area contributed by atoms with Gasteiger partial charge in [-0.2, -0.15) is 14.6 Å². The molecule has 0 unspecified atom stereocenters. The molecule has 0 bridgehead atoms. The molecule has 4 rings (SSSR count). The molecule has 1 aromatic carbocycles. The highest BCUT2D eigenvalue weighted by atomic mass is 32.2. The van der Waals surface area contributed by atoms with E-state index in [0.717, 1.165) is 35.7 Å². The fourth-order valence-electron chi connectivity index (χ4n) is 4.18. The first-order valence-electron chi connectivity index (χ1n) is 11.9. The fourth-order valence-corrected chi connectivity index (χ4v) is 4.99. The van der Waals surface area contributed by atoms with Crippen LogP contribution in [0.5, 0.6) is 0 Å². The van der Waals surface area contributed by atoms with Crippen molar-refractivity contribution in [1.29, 1.82) is 0 Å². The molecule has 182 valence electrons. The summed E-state index contributed by atoms with van der Waals surface area (Å²) in [7, 11) is 2.09. The predicted molar refractivity (Wildman–Crippen MR) is 137 cm³/mol. The van der Waals surface area contributed by atoms with Crippen LogP contribution in [0.25, 0.3) is 0 Å². The second-order valence-electron chi connectivity index (χ2n) is 8.60. The zero-order chi connectivity index (χ0) is 23.8. The first-order valence-corrected chi connectivity index (χ1v) is 12.8. The summed E-state index contributed by atoms with van der Waals surface area (Å²) in [6.07, 6.45) is 4.39. The van der Waals surface area contributed by atoms with E-state index in [1.54, 1.807) is 6.20 Å². The predicted octanol–water partition coefficient (Wildman–Crippen LogP) is 5.27. The molecule has 0 amide bonds. The van der Waals surface area contributed by atoms with Crippen molar-refractivity contribution in [2.75, 3.05) is 37.4 Å². The molecule has 9 heteroatoms. The lowest BCUT2D eigenvalue weighted by atomic mass is 10.1. The number of aromatic nitrogens is 1. The Kier molecular flexibility index (Phi) is 9.01. The van der Waals surface area contributed by atoms with Gasteiger partial charge in [-0.1, -0.05) is 36.6 Å². The Labute approximate surface area is 204 Å². The normalized spacial score (nSPS) is 16.7. The van der Waals surface area contributed by atoms with Crippen LogP contribution in [0.3, 0.4) is 0 Å². The Morgan fingerprint density at radius 3 is 2.50 bits per heavy atom. The molecule has 1 aromatic heterocycles. The number of pyridine rings is 1. The molecule has 1 fully saturated rings. The molecule has 0 aliphatic carbocycles. The topological polar surface area (TPSA) is 47.3 Å². The average molecular weight is 487 g/mol. The van der Waals surface area contributed by atoms with E-state index in [2.05, 4.69) is 48.7 Å². The number of rotatable bonds is 11. The largest absolute Gasteiger partial charge is 0.303 e. The number of piperidine rings is 1. The number of hydrazine groups is 1. The molecule has 2 aromatic rings. The third kappa shape index (κ3) is 6.84. The number of alkyl halides is 2. The van der Waals surface area contributed by atoms with Crippen molar-refractivity contribution in [3.8, 4) is 0 Å². The van der Waals surface area contributed by atoms with E-state index in [-0.39, 0.29) is 12.1 Å². The van der Waals surface area contributed by atoms with Crippen molar-refractivity contribution >= 4 is 29.1 Å². The molecule has 1 saturated heterocycles. The summed E-state index contributed by atoms with van der Waals surface area (Å²) in [6.45, 7) is 4.24. The van der Waals surface area contributed by atoms with Crippen LogP contribution in [-0.2, 0) is 6.54 Å². The molecular formula is C25H32F2N6S. The molecule has 6 nitrogen and oxygen atoms in total. The minimum Gasteiger partial charge on any atom is -0.303 e. The molecule has 0 radical (unpaired) electrons. The third-order valence-corrected chi connectivity index (χ3v) is 7.15. The summed E-state index contributed by atoms with van der Waals surface area (Å²) in [5.74, 6) is 1.05. The van der Waals surface area contributed by atoms with Crippen molar-refractivity contribution in [3.05, 3.63) is 59.9 Å². The summed E-state index contributed by atoms with van der Waals surface area (Å²) in [5, 5.41) is 9.71. The van der Waals surface area contributed by atoms with E-state index >= 15 is 0 Å². The van der Waals surface area contributed by atoms with Crippen molar-refractivity contribution in [1.82, 2.24) is 14.3 Å². The van der Waals surface area contributed by atoms with Gasteiger partial charge in [0.15, 0.2) is 0 Å². The average Bonchev–Trinajstić information content (AvgIpc) is 3.37. The quantitative estimate of drug-likeness (QED) is 0.246. The van der Waals surface area contributed by atoms with Crippen LogP contribution in [0.15, 0.2) is 58.9 Å². The van der Waals surface area contributed by atoms with Gasteiger partial charge in [-0.25, -0.2) is 8.78 Å². The minimum atomic E-state index is -2.57. The van der Waals surface area contributed by atoms with Gasteiger partial charge < -0.3 is 4.90 Å². The van der Waals surface area contributed by atoms with Crippen molar-refractivity contribution in [2.45, 2.75) is 45.1 Å². The molecule has 0 atom stereocenters. The number of anilines is 1. The molecule has 0 N–H and O–H groups in total. The zero-order valence-corrected chi connectivity index (χ0v) is 20.4. The van der Waals surface area contributed by atoms with Gasteiger partial charge in [0.1, 0.15) is 5.71 Å². The summed E-state index contributed by atoms with van der Waals surface area (Å²) in [4.78, 5) is 7.17. The van der Waals surface area contributed by atoms with Gasteiger partial charge in [0, 0.05) is 31.0 Å². The Morgan fingerprint density at radius 2 is 1.82 bits per heavy atom. The number of benzene rings is 1. The van der Waals surface area contributed by atoms with E-state index in [1.807, 2.05) is 42.3 Å². The van der Waals surface area contributed by atoms with Gasteiger partial charge >= 0.3 is 0 Å². The standard InChI is InChI=1S/C25H32F2N6S/c1-31(34-16-8-15-32-13-6-3-7-14-32)33(22-9-4-2-5-10-22)19-21-12-11-20(18-28-21)23-17-24(25(26)27)30-29-23/h2,4-5,9-12,18,25H,3,6-8,13-17,19H2,1H3. The Bertz CT molecular complexity index is 961. The van der Waals surface area contributed by atoms with E-state index in [1.165, 1.54) is 32.4 Å². The minimum absolute atomic E-state index is 0.0750. The van der Waals surface area contributed by atoms with Gasteiger partial charge in [-0.15, -0.1) is 0 Å². The molecule has 2 aliphatic heterocycles. The maximum absolute atomic E-state index is 12.8. The lowest BCUT2D eigenvalue weighted by molar-refractivity contribution is 0.224. The fraction of sp³-hybridized carbons (Fsp3) is 0.480. The van der Waals surface area contributed by atoms with E-state index < -0.39 is 6.43 Å². The summed E-state index contributed by atoms with van der Waals surface area (Å²) in [6, 6.07) is 14.1. The highest BCUT2D eigenvalue weighted by Gasteiger charge is 2.22. The Morgan fingerprint density at radius 1 is 1.03 bits per heavy atom. The first-order chi connectivity index (χ1) is 16.6. The molecule has 0 spiro atoms. The highest BCUT2D eigenvalue weighted by molar-refractivity contribution is 7.97. The van der Waals surface area contributed by atoms with Gasteiger partial charge in [-0.3, -0.25) is 9.99 Å². The maximum atomic E-state index is 12.8. The van der Waals surface area contributed by atoms with Crippen LogP contribution >= 0.6 is 11.9 Å². The van der Waals surface area contributed by atoms with Gasteiger partial charge in [-0.05, 0) is 63.2 Å². The summed E-state index contributed by atoms with van der Waals surface area (Å²) < 4.78 is 27.9. The van der Waals surface area contributed by atoms with Gasteiger partial charge in [0.2, 0.25) is 0 Å². The second kappa shape index (κ2) is 12.4. The van der Waals surface area contributed by atoms with Crippen LogP contribution in [0, 0.1) is 0 Å². The highest BCUT2D eigenvalue weighted by Crippen LogP contribution is 2.24. The molecular weight excluding hydrogens is 454 g/mol. The number of hydrogen-bond acceptors (Lipinski definition) is 7. The Balaban J connectivity index is 1.34. The first kappa shape index (κ1) is 24.8. The zero-order valence-electron chi connectivity index (χ0n) is 19.6. The van der Waals surface area contributed by atoms with Crippen LogP contribution in [0.2, 0.25) is 0 Å². The number of hydrogen-bond donors (Lipinski definition) is 0. The molecule has 3 heterocycles. The van der Waals surface area contributed by atoms with Crippen molar-refractivity contribution in [2.24, 2.45) is 10.2 Å². The number of halogens is 2. The monoisotopic (exact) mass is 486 g/mol. The third-order valence-electron chi connectivity index (χ3n) is 6.11. The van der Waals surface area contributed by atoms with Crippen LogP contribution in [0.1, 0.15) is 43.4 Å². The summed E-state index contributed by atoms with van der Waals surface area (Å²) >= 11 is 1.81. The van der Waals surface area contributed by atoms with Crippen LogP contribution < -0.4 is 5.01 Å². The Hall–Kier alpha value is -2.36. The number of para-hydroxylation sites is 1. The van der Waals surface area contributed by atoms with Crippen molar-refractivity contribution in [3.63, 3.8) is 0 Å². The molecule has 0 saturated carbocycles. The second-order valence-corrected chi connectivity index (χ2v) is 9.80. The number of nitrogens with zero attached hydrogens (tertiary/aromatic N) is 6. The molecule has 34 heavy (non-hydrogen) atoms. The lowest BCUT2D eigenvalue weighted by Crippen LogP contribution is -2.35. The van der Waals surface area contributed by atoms with Crippen molar-refractivity contribution < 1.29 is 8.78 Å². The van der Waals surface area contributed by atoms with Crippen LogP contribution in [-0.4, -0.2) is 64.6 Å². The van der Waals surface area contributed by atoms with Gasteiger partial charge in [0.25, 0.3) is 6.43 Å². The maximum Gasteiger partial charge on any atom is 0.278 e.